The molecule has 0 unspecified atom stereocenters. The van der Waals surface area contributed by atoms with Gasteiger partial charge in [0.2, 0.25) is 0 Å². The van der Waals surface area contributed by atoms with Crippen LogP contribution in [0.3, 0.4) is 0 Å². The van der Waals surface area contributed by atoms with Crippen LogP contribution in [0.25, 0.3) is 11.3 Å². The van der Waals surface area contributed by atoms with Crippen molar-refractivity contribution < 1.29 is 13.9 Å². The van der Waals surface area contributed by atoms with Crippen molar-refractivity contribution in [2.75, 3.05) is 5.32 Å². The lowest BCUT2D eigenvalue weighted by atomic mass is 10.1. The zero-order valence-corrected chi connectivity index (χ0v) is 14.5. The van der Waals surface area contributed by atoms with Crippen LogP contribution in [-0.2, 0) is 4.74 Å². The second kappa shape index (κ2) is 7.31. The number of halogens is 1. The Morgan fingerprint density at radius 3 is 2.58 bits per heavy atom. The number of nitrogens with zero attached hydrogens (tertiary/aromatic N) is 1. The Labute approximate surface area is 147 Å². The van der Waals surface area contributed by atoms with E-state index in [2.05, 4.69) is 26.2 Å². The lowest BCUT2D eigenvalue weighted by Gasteiger charge is -2.13. The van der Waals surface area contributed by atoms with Crippen molar-refractivity contribution in [2.24, 2.45) is 0 Å². The number of hydrogen-bond acceptors (Lipinski definition) is 4. The third-order valence-corrected chi connectivity index (χ3v) is 3.98. The number of hydrogen-bond donors (Lipinski definition) is 1. The third-order valence-electron chi connectivity index (χ3n) is 3.45. The zero-order chi connectivity index (χ0) is 16.9. The van der Waals surface area contributed by atoms with Gasteiger partial charge in [-0.15, -0.1) is 0 Å². The predicted molar refractivity (Wildman–Crippen MR) is 94.6 cm³/mol. The smallest absolute Gasteiger partial charge is 0.413 e. The van der Waals surface area contributed by atoms with E-state index in [0.29, 0.717) is 11.6 Å². The molecule has 0 radical (unpaired) electrons. The van der Waals surface area contributed by atoms with Crippen LogP contribution in [-0.4, -0.2) is 11.1 Å². The predicted octanol–water partition coefficient (Wildman–Crippen LogP) is 5.41. The van der Waals surface area contributed by atoms with Crippen LogP contribution in [0.2, 0.25) is 0 Å². The molecule has 3 rings (SSSR count). The van der Waals surface area contributed by atoms with E-state index in [1.807, 2.05) is 61.5 Å². The van der Waals surface area contributed by atoms with Gasteiger partial charge in [0.15, 0.2) is 18.0 Å². The molecule has 5 nitrogen and oxygen atoms in total. The van der Waals surface area contributed by atoms with Gasteiger partial charge in [-0.25, -0.2) is 4.79 Å². The standard InChI is InChI=1S/C18H15BrN2O3/c1-12(13-5-3-2-4-6-13)24-18(22)21-17-16(23-11-20-17)14-7-9-15(19)10-8-14/h2-12H,1H3,(H,21,22)/t12-/m1/s1. The van der Waals surface area contributed by atoms with Gasteiger partial charge in [-0.05, 0) is 36.8 Å². The molecule has 122 valence electrons. The maximum Gasteiger partial charge on any atom is 0.413 e. The lowest BCUT2D eigenvalue weighted by Crippen LogP contribution is -2.16. The Bertz CT molecular complexity index is 816. The highest BCUT2D eigenvalue weighted by Crippen LogP contribution is 2.28. The fraction of sp³-hybridized carbons (Fsp3) is 0.111. The summed E-state index contributed by atoms with van der Waals surface area (Å²) in [6.07, 6.45) is 0.334. The van der Waals surface area contributed by atoms with E-state index in [0.717, 1.165) is 15.6 Å². The molecule has 1 atom stereocenters. The van der Waals surface area contributed by atoms with E-state index < -0.39 is 6.09 Å². The van der Waals surface area contributed by atoms with E-state index in [4.69, 9.17) is 9.15 Å². The summed E-state index contributed by atoms with van der Waals surface area (Å²) in [5.74, 6) is 0.800. The summed E-state index contributed by atoms with van der Waals surface area (Å²) in [6, 6.07) is 17.0. The van der Waals surface area contributed by atoms with Crippen molar-refractivity contribution in [1.29, 1.82) is 0 Å². The number of ether oxygens (including phenoxy) is 1. The molecule has 1 N–H and O–H groups in total. The number of anilines is 1. The first-order chi connectivity index (χ1) is 11.6. The number of nitrogens with one attached hydrogen (secondary N) is 1. The largest absolute Gasteiger partial charge is 0.441 e. The highest BCUT2D eigenvalue weighted by Gasteiger charge is 2.16. The van der Waals surface area contributed by atoms with Gasteiger partial charge in [-0.2, -0.15) is 4.98 Å². The van der Waals surface area contributed by atoms with E-state index in [9.17, 15) is 4.79 Å². The van der Waals surface area contributed by atoms with Crippen LogP contribution in [0.4, 0.5) is 10.6 Å². The summed E-state index contributed by atoms with van der Waals surface area (Å²) < 4.78 is 11.7. The highest BCUT2D eigenvalue weighted by atomic mass is 79.9. The van der Waals surface area contributed by atoms with Crippen molar-refractivity contribution in [3.05, 3.63) is 71.0 Å². The molecule has 0 fully saturated rings. The molecule has 0 aliphatic rings. The van der Waals surface area contributed by atoms with Crippen LogP contribution in [0, 0.1) is 0 Å². The van der Waals surface area contributed by atoms with Gasteiger partial charge in [0.05, 0.1) is 0 Å². The fourth-order valence-corrected chi connectivity index (χ4v) is 2.48. The first-order valence-corrected chi connectivity index (χ1v) is 8.15. The molecule has 0 spiro atoms. The summed E-state index contributed by atoms with van der Waals surface area (Å²) in [6.45, 7) is 1.81. The average Bonchev–Trinajstić information content (AvgIpc) is 3.04. The number of carbonyl (C=O) groups is 1. The summed E-state index contributed by atoms with van der Waals surface area (Å²) >= 11 is 3.38. The number of oxazole rings is 1. The molecular formula is C18H15BrN2O3. The maximum atomic E-state index is 12.1. The molecular weight excluding hydrogens is 372 g/mol. The van der Waals surface area contributed by atoms with Crippen LogP contribution in [0.1, 0.15) is 18.6 Å². The van der Waals surface area contributed by atoms with E-state index in [1.54, 1.807) is 0 Å². The topological polar surface area (TPSA) is 64.4 Å². The van der Waals surface area contributed by atoms with Crippen LogP contribution in [0.5, 0.6) is 0 Å². The molecule has 0 saturated heterocycles. The zero-order valence-electron chi connectivity index (χ0n) is 12.9. The monoisotopic (exact) mass is 386 g/mol. The van der Waals surface area contributed by atoms with E-state index in [-0.39, 0.29) is 6.10 Å². The Balaban J connectivity index is 1.69. The van der Waals surface area contributed by atoms with Crippen LogP contribution >= 0.6 is 15.9 Å². The molecule has 2 aromatic carbocycles. The Morgan fingerprint density at radius 2 is 1.88 bits per heavy atom. The van der Waals surface area contributed by atoms with E-state index >= 15 is 0 Å². The van der Waals surface area contributed by atoms with Crippen molar-refractivity contribution in [3.8, 4) is 11.3 Å². The second-order valence-electron chi connectivity index (χ2n) is 5.12. The van der Waals surface area contributed by atoms with Gasteiger partial charge >= 0.3 is 6.09 Å². The van der Waals surface area contributed by atoms with Gasteiger partial charge in [-0.1, -0.05) is 46.3 Å². The number of amides is 1. The minimum Gasteiger partial charge on any atom is -0.441 e. The number of rotatable bonds is 4. The highest BCUT2D eigenvalue weighted by molar-refractivity contribution is 9.10. The minimum absolute atomic E-state index is 0.322. The van der Waals surface area contributed by atoms with Crippen molar-refractivity contribution >= 4 is 27.8 Å². The van der Waals surface area contributed by atoms with Gasteiger partial charge in [-0.3, -0.25) is 5.32 Å². The molecule has 1 heterocycles. The number of aromatic nitrogens is 1. The van der Waals surface area contributed by atoms with Crippen molar-refractivity contribution in [1.82, 2.24) is 4.98 Å². The fourth-order valence-electron chi connectivity index (χ4n) is 2.22. The summed E-state index contributed by atoms with van der Waals surface area (Å²) in [4.78, 5) is 16.2. The molecule has 0 bridgehead atoms. The molecule has 6 heteroatoms. The second-order valence-corrected chi connectivity index (χ2v) is 6.04. The maximum absolute atomic E-state index is 12.1. The SMILES string of the molecule is C[C@@H](OC(=O)Nc1ncoc1-c1ccc(Br)cc1)c1ccccc1. The summed E-state index contributed by atoms with van der Waals surface area (Å²) in [5.41, 5.74) is 1.73. The molecule has 0 aliphatic carbocycles. The number of carbonyl (C=O) groups excluding carboxylic acids is 1. The molecule has 3 aromatic rings. The number of benzene rings is 2. The van der Waals surface area contributed by atoms with Gasteiger partial charge in [0, 0.05) is 10.0 Å². The molecule has 1 amide bonds. The van der Waals surface area contributed by atoms with Crippen LogP contribution in [0.15, 0.2) is 69.9 Å². The Kier molecular flexibility index (Phi) is 4.96. The quantitative estimate of drug-likeness (QED) is 0.650. The van der Waals surface area contributed by atoms with Crippen molar-refractivity contribution in [3.63, 3.8) is 0 Å². The minimum atomic E-state index is -0.585. The van der Waals surface area contributed by atoms with Crippen molar-refractivity contribution in [2.45, 2.75) is 13.0 Å². The summed E-state index contributed by atoms with van der Waals surface area (Å²) in [7, 11) is 0. The Hall–Kier alpha value is -2.60. The first-order valence-electron chi connectivity index (χ1n) is 7.35. The third kappa shape index (κ3) is 3.83. The van der Waals surface area contributed by atoms with E-state index in [1.165, 1.54) is 6.39 Å². The first kappa shape index (κ1) is 16.3. The molecule has 1 aromatic heterocycles. The molecule has 0 saturated carbocycles. The normalized spacial score (nSPS) is 11.8. The lowest BCUT2D eigenvalue weighted by molar-refractivity contribution is 0.121. The van der Waals surface area contributed by atoms with Crippen LogP contribution < -0.4 is 5.32 Å². The summed E-state index contributed by atoms with van der Waals surface area (Å²) in [5, 5.41) is 2.63. The Morgan fingerprint density at radius 1 is 1.17 bits per heavy atom. The molecule has 0 aliphatic heterocycles. The van der Waals surface area contributed by atoms with Gasteiger partial charge < -0.3 is 9.15 Å². The van der Waals surface area contributed by atoms with Gasteiger partial charge in [0.1, 0.15) is 6.10 Å². The molecule has 24 heavy (non-hydrogen) atoms. The average molecular weight is 387 g/mol. The van der Waals surface area contributed by atoms with Gasteiger partial charge in [0.25, 0.3) is 0 Å².